The van der Waals surface area contributed by atoms with Crippen molar-refractivity contribution in [2.45, 2.75) is 6.92 Å². The molecule has 0 bridgehead atoms. The molecule has 0 saturated heterocycles. The highest BCUT2D eigenvalue weighted by Gasteiger charge is 2.02. The van der Waals surface area contributed by atoms with Crippen molar-refractivity contribution in [2.75, 3.05) is 11.9 Å². The molecular weight excluding hydrogens is 271 g/mol. The van der Waals surface area contributed by atoms with E-state index in [0.29, 0.717) is 11.3 Å². The number of hydrogen-bond donors (Lipinski definition) is 1. The average molecular weight is 286 g/mol. The van der Waals surface area contributed by atoms with E-state index in [-0.39, 0.29) is 12.5 Å². The van der Waals surface area contributed by atoms with Crippen molar-refractivity contribution in [3.63, 3.8) is 0 Å². The Hall–Kier alpha value is -2.69. The number of amides is 1. The van der Waals surface area contributed by atoms with Gasteiger partial charge in [0.15, 0.2) is 6.61 Å². The van der Waals surface area contributed by atoms with Crippen LogP contribution in [0.3, 0.4) is 0 Å². The SMILES string of the molecule is Cc1ccc(NC(=O)CO/N=C\c2ccccc2F)cc1. The van der Waals surface area contributed by atoms with E-state index in [0.717, 1.165) is 5.56 Å². The highest BCUT2D eigenvalue weighted by Crippen LogP contribution is 2.08. The number of aryl methyl sites for hydroxylation is 1. The molecule has 1 N–H and O–H groups in total. The van der Waals surface area contributed by atoms with E-state index >= 15 is 0 Å². The summed E-state index contributed by atoms with van der Waals surface area (Å²) in [5.74, 6) is -0.724. The molecule has 0 heterocycles. The normalized spacial score (nSPS) is 10.6. The average Bonchev–Trinajstić information content (AvgIpc) is 2.48. The lowest BCUT2D eigenvalue weighted by molar-refractivity contribution is -0.120. The van der Waals surface area contributed by atoms with Crippen molar-refractivity contribution in [2.24, 2.45) is 5.16 Å². The second-order valence-electron chi connectivity index (χ2n) is 4.44. The first-order chi connectivity index (χ1) is 10.1. The Morgan fingerprint density at radius 1 is 1.24 bits per heavy atom. The summed E-state index contributed by atoms with van der Waals surface area (Å²) in [6, 6.07) is 13.6. The minimum atomic E-state index is -0.394. The van der Waals surface area contributed by atoms with Gasteiger partial charge in [-0.1, -0.05) is 41.1 Å². The van der Waals surface area contributed by atoms with Crippen LogP contribution in [0.1, 0.15) is 11.1 Å². The van der Waals surface area contributed by atoms with Crippen LogP contribution in [-0.4, -0.2) is 18.7 Å². The number of carbonyl (C=O) groups is 1. The maximum Gasteiger partial charge on any atom is 0.265 e. The van der Waals surface area contributed by atoms with Gasteiger partial charge >= 0.3 is 0 Å². The molecule has 5 heteroatoms. The third-order valence-corrected chi connectivity index (χ3v) is 2.70. The van der Waals surface area contributed by atoms with Crippen molar-refractivity contribution in [3.8, 4) is 0 Å². The standard InChI is InChI=1S/C16H15FN2O2/c1-12-6-8-14(9-7-12)19-16(20)11-21-18-10-13-4-2-3-5-15(13)17/h2-10H,11H2,1H3,(H,19,20)/b18-10-. The molecule has 0 aromatic heterocycles. The number of benzene rings is 2. The Kier molecular flexibility index (Phi) is 5.04. The Balaban J connectivity index is 1.79. The number of halogens is 1. The van der Waals surface area contributed by atoms with Crippen molar-refractivity contribution in [3.05, 3.63) is 65.5 Å². The van der Waals surface area contributed by atoms with Crippen molar-refractivity contribution in [1.82, 2.24) is 0 Å². The van der Waals surface area contributed by atoms with E-state index in [1.807, 2.05) is 19.1 Å². The topological polar surface area (TPSA) is 50.7 Å². The summed E-state index contributed by atoms with van der Waals surface area (Å²) in [7, 11) is 0. The highest BCUT2D eigenvalue weighted by molar-refractivity contribution is 5.91. The molecule has 0 fully saturated rings. The van der Waals surface area contributed by atoms with E-state index in [1.54, 1.807) is 30.3 Å². The highest BCUT2D eigenvalue weighted by atomic mass is 19.1. The fourth-order valence-electron chi connectivity index (χ4n) is 1.60. The molecule has 2 aromatic rings. The number of anilines is 1. The predicted molar refractivity (Wildman–Crippen MR) is 79.8 cm³/mol. The van der Waals surface area contributed by atoms with Gasteiger partial charge in [0.05, 0.1) is 6.21 Å². The van der Waals surface area contributed by atoms with Gasteiger partial charge in [0, 0.05) is 11.3 Å². The van der Waals surface area contributed by atoms with Gasteiger partial charge in [-0.2, -0.15) is 0 Å². The smallest absolute Gasteiger partial charge is 0.265 e. The molecule has 0 saturated carbocycles. The van der Waals surface area contributed by atoms with Gasteiger partial charge in [-0.15, -0.1) is 0 Å². The molecule has 21 heavy (non-hydrogen) atoms. The first kappa shape index (κ1) is 14.7. The van der Waals surface area contributed by atoms with Crippen molar-refractivity contribution < 1.29 is 14.0 Å². The summed E-state index contributed by atoms with van der Waals surface area (Å²) in [4.78, 5) is 16.4. The van der Waals surface area contributed by atoms with Gasteiger partial charge < -0.3 is 10.2 Å². The lowest BCUT2D eigenvalue weighted by Crippen LogP contribution is -2.16. The zero-order valence-corrected chi connectivity index (χ0v) is 11.5. The molecule has 0 aliphatic carbocycles. The lowest BCUT2D eigenvalue weighted by atomic mass is 10.2. The van der Waals surface area contributed by atoms with Crippen LogP contribution in [0.2, 0.25) is 0 Å². The van der Waals surface area contributed by atoms with Crippen LogP contribution >= 0.6 is 0 Å². The number of rotatable bonds is 5. The summed E-state index contributed by atoms with van der Waals surface area (Å²) < 4.78 is 13.3. The van der Waals surface area contributed by atoms with Gasteiger partial charge in [-0.05, 0) is 25.1 Å². The van der Waals surface area contributed by atoms with Crippen LogP contribution in [0.25, 0.3) is 0 Å². The fourth-order valence-corrected chi connectivity index (χ4v) is 1.60. The molecule has 2 rings (SSSR count). The second kappa shape index (κ2) is 7.19. The Labute approximate surface area is 122 Å². The molecule has 0 aliphatic heterocycles. The summed E-state index contributed by atoms with van der Waals surface area (Å²) in [6.07, 6.45) is 1.23. The Bertz CT molecular complexity index is 639. The molecule has 4 nitrogen and oxygen atoms in total. The fraction of sp³-hybridized carbons (Fsp3) is 0.125. The maximum absolute atomic E-state index is 13.3. The minimum Gasteiger partial charge on any atom is -0.386 e. The number of oxime groups is 1. The van der Waals surface area contributed by atoms with Crippen molar-refractivity contribution in [1.29, 1.82) is 0 Å². The summed E-state index contributed by atoms with van der Waals surface area (Å²) in [6.45, 7) is 1.73. The minimum absolute atomic E-state index is 0.237. The van der Waals surface area contributed by atoms with Gasteiger partial charge in [0.1, 0.15) is 5.82 Å². The van der Waals surface area contributed by atoms with Gasteiger partial charge in [-0.3, -0.25) is 4.79 Å². The summed E-state index contributed by atoms with van der Waals surface area (Å²) >= 11 is 0. The number of nitrogens with zero attached hydrogens (tertiary/aromatic N) is 1. The third kappa shape index (κ3) is 4.72. The van der Waals surface area contributed by atoms with Crippen molar-refractivity contribution >= 4 is 17.8 Å². The van der Waals surface area contributed by atoms with Gasteiger partial charge in [0.2, 0.25) is 0 Å². The zero-order chi connectivity index (χ0) is 15.1. The number of carbonyl (C=O) groups excluding carboxylic acids is 1. The zero-order valence-electron chi connectivity index (χ0n) is 11.5. The van der Waals surface area contributed by atoms with Crippen LogP contribution < -0.4 is 5.32 Å². The largest absolute Gasteiger partial charge is 0.386 e. The molecule has 2 aromatic carbocycles. The molecule has 0 atom stereocenters. The van der Waals surface area contributed by atoms with Crippen LogP contribution in [0.4, 0.5) is 10.1 Å². The van der Waals surface area contributed by atoms with E-state index in [4.69, 9.17) is 4.84 Å². The molecule has 0 unspecified atom stereocenters. The van der Waals surface area contributed by atoms with Crippen LogP contribution in [0.5, 0.6) is 0 Å². The predicted octanol–water partition coefficient (Wildman–Crippen LogP) is 3.12. The molecule has 0 spiro atoms. The van der Waals surface area contributed by atoms with Crippen LogP contribution in [-0.2, 0) is 9.63 Å². The first-order valence-electron chi connectivity index (χ1n) is 6.41. The Morgan fingerprint density at radius 2 is 1.95 bits per heavy atom. The molecule has 0 radical (unpaired) electrons. The molecular formula is C16H15FN2O2. The molecule has 1 amide bonds. The van der Waals surface area contributed by atoms with E-state index in [9.17, 15) is 9.18 Å². The number of hydrogen-bond acceptors (Lipinski definition) is 3. The second-order valence-corrected chi connectivity index (χ2v) is 4.44. The Morgan fingerprint density at radius 3 is 2.67 bits per heavy atom. The van der Waals surface area contributed by atoms with E-state index < -0.39 is 5.82 Å². The van der Waals surface area contributed by atoms with E-state index in [2.05, 4.69) is 10.5 Å². The monoisotopic (exact) mass is 286 g/mol. The summed E-state index contributed by atoms with van der Waals surface area (Å²) in [5, 5.41) is 6.24. The quantitative estimate of drug-likeness (QED) is 0.678. The van der Waals surface area contributed by atoms with Gasteiger partial charge in [0.25, 0.3) is 5.91 Å². The number of nitrogens with one attached hydrogen (secondary N) is 1. The molecule has 0 aliphatic rings. The third-order valence-electron chi connectivity index (χ3n) is 2.70. The van der Waals surface area contributed by atoms with Crippen LogP contribution in [0, 0.1) is 12.7 Å². The maximum atomic E-state index is 13.3. The van der Waals surface area contributed by atoms with E-state index in [1.165, 1.54) is 12.3 Å². The van der Waals surface area contributed by atoms with Gasteiger partial charge in [-0.25, -0.2) is 4.39 Å². The summed E-state index contributed by atoms with van der Waals surface area (Å²) in [5.41, 5.74) is 2.10. The lowest BCUT2D eigenvalue weighted by Gasteiger charge is -2.04. The molecule has 108 valence electrons. The first-order valence-corrected chi connectivity index (χ1v) is 6.41. The van der Waals surface area contributed by atoms with Crippen LogP contribution in [0.15, 0.2) is 53.7 Å².